The minimum absolute atomic E-state index is 0.110. The van der Waals surface area contributed by atoms with Crippen molar-refractivity contribution in [2.24, 2.45) is 0 Å². The van der Waals surface area contributed by atoms with Gasteiger partial charge in [-0.2, -0.15) is 26.3 Å². The molecular weight excluding hydrogens is 567 g/mol. The number of alkyl halides is 6. The van der Waals surface area contributed by atoms with Crippen molar-refractivity contribution in [1.29, 1.82) is 0 Å². The Kier molecular flexibility index (Phi) is 8.38. The third-order valence-corrected chi connectivity index (χ3v) is 7.73. The lowest BCUT2D eigenvalue weighted by atomic mass is 10.0. The number of ether oxygens (including phenoxy) is 1. The van der Waals surface area contributed by atoms with Crippen LogP contribution >= 0.6 is 0 Å². The first-order chi connectivity index (χ1) is 19.9. The quantitative estimate of drug-likeness (QED) is 0.306. The Morgan fingerprint density at radius 2 is 1.45 bits per heavy atom. The summed E-state index contributed by atoms with van der Waals surface area (Å²) in [6.45, 7) is 4.25. The minimum Gasteiger partial charge on any atom is -0.474 e. The molecule has 1 aromatic heterocycles. The van der Waals surface area contributed by atoms with Crippen molar-refractivity contribution < 1.29 is 35.5 Å². The number of halogens is 7. The van der Waals surface area contributed by atoms with Gasteiger partial charge in [-0.3, -0.25) is 0 Å². The van der Waals surface area contributed by atoms with Gasteiger partial charge in [-0.25, -0.2) is 14.4 Å². The molecule has 0 atom stereocenters. The molecule has 13 heteroatoms. The molecule has 226 valence electrons. The second kappa shape index (κ2) is 11.8. The number of aromatic nitrogens is 2. The maximum absolute atomic E-state index is 14.0. The summed E-state index contributed by atoms with van der Waals surface area (Å²) >= 11 is 0. The van der Waals surface area contributed by atoms with Gasteiger partial charge < -0.3 is 19.9 Å². The summed E-state index contributed by atoms with van der Waals surface area (Å²) in [7, 11) is 0. The van der Waals surface area contributed by atoms with Crippen LogP contribution in [0.5, 0.6) is 5.88 Å². The zero-order valence-electron chi connectivity index (χ0n) is 22.8. The smallest absolute Gasteiger partial charge is 0.419 e. The zero-order valence-corrected chi connectivity index (χ0v) is 22.8. The normalized spacial score (nSPS) is 17.4. The molecule has 0 saturated carbocycles. The summed E-state index contributed by atoms with van der Waals surface area (Å²) in [5.41, 5.74) is -0.126. The first-order valence-electron chi connectivity index (χ1n) is 13.7. The molecule has 0 radical (unpaired) electrons. The summed E-state index contributed by atoms with van der Waals surface area (Å²) in [5, 5.41) is 3.31. The van der Waals surface area contributed by atoms with E-state index in [1.165, 1.54) is 24.5 Å². The van der Waals surface area contributed by atoms with Gasteiger partial charge in [0.05, 0.1) is 16.7 Å². The van der Waals surface area contributed by atoms with E-state index in [2.05, 4.69) is 20.2 Å². The monoisotopic (exact) mass is 597 g/mol. The fourth-order valence-electron chi connectivity index (χ4n) is 5.41. The molecule has 0 unspecified atom stereocenters. The Morgan fingerprint density at radius 1 is 0.810 bits per heavy atom. The molecule has 3 aromatic rings. The minimum atomic E-state index is -4.74. The van der Waals surface area contributed by atoms with Gasteiger partial charge in [-0.05, 0) is 62.2 Å². The van der Waals surface area contributed by atoms with Gasteiger partial charge in [0.15, 0.2) is 0 Å². The van der Waals surface area contributed by atoms with E-state index in [4.69, 9.17) is 4.74 Å². The van der Waals surface area contributed by atoms with Crippen molar-refractivity contribution >= 4 is 17.2 Å². The van der Waals surface area contributed by atoms with Crippen molar-refractivity contribution in [2.75, 3.05) is 41.3 Å². The lowest BCUT2D eigenvalue weighted by molar-refractivity contribution is -0.140. The molecule has 2 fully saturated rings. The maximum atomic E-state index is 14.0. The standard InChI is InChI=1S/C29H30F7N5O/c1-18-26(41-12-8-21(9-13-41)39-20-4-2-19(3-5-20)28(31,32)33)37-17-38-27(18)42-23-10-14-40(15-11-23)22-6-7-24(25(30)16-22)29(34,35)36/h2-7,16-17,21,23,39H,8-15H2,1H3. The SMILES string of the molecule is Cc1c(OC2CCN(c3ccc(C(F)(F)F)c(F)c3)CC2)ncnc1N1CCC(Nc2ccc(C(F)(F)F)cc2)CC1. The fourth-order valence-corrected chi connectivity index (χ4v) is 5.41. The molecule has 1 N–H and O–H groups in total. The van der Waals surface area contributed by atoms with Gasteiger partial charge in [0.1, 0.15) is 24.1 Å². The molecule has 2 saturated heterocycles. The number of piperidine rings is 2. The van der Waals surface area contributed by atoms with E-state index in [1.807, 2.05) is 11.8 Å². The first kappa shape index (κ1) is 29.7. The molecule has 0 bridgehead atoms. The first-order valence-corrected chi connectivity index (χ1v) is 13.7. The number of anilines is 3. The van der Waals surface area contributed by atoms with Gasteiger partial charge in [0, 0.05) is 56.4 Å². The Labute approximate surface area is 238 Å². The Balaban J connectivity index is 1.14. The lowest BCUT2D eigenvalue weighted by Gasteiger charge is -2.35. The molecule has 2 aliphatic heterocycles. The second-order valence-electron chi connectivity index (χ2n) is 10.6. The highest BCUT2D eigenvalue weighted by Crippen LogP contribution is 2.35. The van der Waals surface area contributed by atoms with Crippen LogP contribution in [0.25, 0.3) is 0 Å². The molecule has 2 aliphatic rings. The number of nitrogens with one attached hydrogen (secondary N) is 1. The van der Waals surface area contributed by atoms with Crippen molar-refractivity contribution in [2.45, 2.75) is 57.1 Å². The zero-order chi connectivity index (χ0) is 30.1. The summed E-state index contributed by atoms with van der Waals surface area (Å²) in [5.74, 6) is -0.0726. The average molecular weight is 598 g/mol. The van der Waals surface area contributed by atoms with Crippen LogP contribution in [0.3, 0.4) is 0 Å². The number of hydrogen-bond donors (Lipinski definition) is 1. The third-order valence-electron chi connectivity index (χ3n) is 7.73. The highest BCUT2D eigenvalue weighted by atomic mass is 19.4. The molecule has 5 rings (SSSR count). The van der Waals surface area contributed by atoms with Gasteiger partial charge >= 0.3 is 12.4 Å². The Bertz CT molecular complexity index is 1360. The molecule has 42 heavy (non-hydrogen) atoms. The van der Waals surface area contributed by atoms with Gasteiger partial charge in [-0.1, -0.05) is 0 Å². The lowest BCUT2D eigenvalue weighted by Crippen LogP contribution is -2.40. The van der Waals surface area contributed by atoms with Crippen LogP contribution in [0.4, 0.5) is 47.9 Å². The van der Waals surface area contributed by atoms with Crippen molar-refractivity contribution in [1.82, 2.24) is 9.97 Å². The van der Waals surface area contributed by atoms with Crippen molar-refractivity contribution in [3.05, 3.63) is 71.3 Å². The number of benzene rings is 2. The van der Waals surface area contributed by atoms with Crippen LogP contribution in [0.15, 0.2) is 48.8 Å². The molecule has 0 spiro atoms. The summed E-state index contributed by atoms with van der Waals surface area (Å²) < 4.78 is 97.4. The molecule has 0 aliphatic carbocycles. The Morgan fingerprint density at radius 3 is 2.05 bits per heavy atom. The van der Waals surface area contributed by atoms with Crippen LogP contribution in [0.2, 0.25) is 0 Å². The van der Waals surface area contributed by atoms with E-state index in [1.54, 1.807) is 0 Å². The molecule has 3 heterocycles. The van der Waals surface area contributed by atoms with Crippen molar-refractivity contribution in [3.8, 4) is 5.88 Å². The van der Waals surface area contributed by atoms with Gasteiger partial charge in [0.25, 0.3) is 0 Å². The maximum Gasteiger partial charge on any atom is 0.419 e. The van der Waals surface area contributed by atoms with E-state index >= 15 is 0 Å². The average Bonchev–Trinajstić information content (AvgIpc) is 2.94. The largest absolute Gasteiger partial charge is 0.474 e. The highest BCUT2D eigenvalue weighted by Gasteiger charge is 2.35. The van der Waals surface area contributed by atoms with Gasteiger partial charge in [0.2, 0.25) is 5.88 Å². The molecular formula is C29H30F7N5O. The van der Waals surface area contributed by atoms with E-state index in [0.29, 0.717) is 56.3 Å². The van der Waals surface area contributed by atoms with E-state index in [0.717, 1.165) is 48.5 Å². The van der Waals surface area contributed by atoms with Crippen molar-refractivity contribution in [3.63, 3.8) is 0 Å². The third kappa shape index (κ3) is 6.81. The van der Waals surface area contributed by atoms with Gasteiger partial charge in [-0.15, -0.1) is 0 Å². The van der Waals surface area contributed by atoms with Crippen LogP contribution in [-0.4, -0.2) is 48.3 Å². The summed E-state index contributed by atoms with van der Waals surface area (Å²) in [4.78, 5) is 12.8. The second-order valence-corrected chi connectivity index (χ2v) is 10.6. The predicted octanol–water partition coefficient (Wildman–Crippen LogP) is 7.09. The van der Waals surface area contributed by atoms with E-state index in [9.17, 15) is 30.7 Å². The predicted molar refractivity (Wildman–Crippen MR) is 144 cm³/mol. The molecule has 0 amide bonds. The summed E-state index contributed by atoms with van der Waals surface area (Å²) in [6.07, 6.45) is -5.11. The highest BCUT2D eigenvalue weighted by molar-refractivity contribution is 5.52. The number of nitrogens with zero attached hydrogens (tertiary/aromatic N) is 4. The van der Waals surface area contributed by atoms with Crippen LogP contribution < -0.4 is 19.9 Å². The molecule has 2 aromatic carbocycles. The Hall–Kier alpha value is -3.77. The van der Waals surface area contributed by atoms with E-state index in [-0.39, 0.29) is 12.1 Å². The topological polar surface area (TPSA) is 53.5 Å². The number of rotatable bonds is 6. The number of hydrogen-bond acceptors (Lipinski definition) is 6. The fraction of sp³-hybridized carbons (Fsp3) is 0.448. The van der Waals surface area contributed by atoms with Crippen LogP contribution in [0.1, 0.15) is 42.4 Å². The molecule has 6 nitrogen and oxygen atoms in total. The summed E-state index contributed by atoms with van der Waals surface area (Å²) in [6, 6.07) is 8.12. The van der Waals surface area contributed by atoms with E-state index < -0.39 is 29.3 Å². The van der Waals surface area contributed by atoms with Crippen LogP contribution in [-0.2, 0) is 12.4 Å². The van der Waals surface area contributed by atoms with Crippen LogP contribution in [0, 0.1) is 12.7 Å².